The van der Waals surface area contributed by atoms with Crippen LogP contribution in [0.3, 0.4) is 0 Å². The lowest BCUT2D eigenvalue weighted by molar-refractivity contribution is -0.115. The predicted molar refractivity (Wildman–Crippen MR) is 101 cm³/mol. The van der Waals surface area contributed by atoms with Gasteiger partial charge in [0.1, 0.15) is 17.0 Å². The van der Waals surface area contributed by atoms with Crippen molar-refractivity contribution in [1.29, 1.82) is 0 Å². The highest BCUT2D eigenvalue weighted by Crippen LogP contribution is 2.30. The van der Waals surface area contributed by atoms with Gasteiger partial charge in [-0.2, -0.15) is 0 Å². The highest BCUT2D eigenvalue weighted by molar-refractivity contribution is 6.06. The minimum absolute atomic E-state index is 0.103. The van der Waals surface area contributed by atoms with Gasteiger partial charge in [-0.15, -0.1) is 0 Å². The molecule has 2 N–H and O–H groups in total. The molecular weight excluding hydrogens is 347 g/mol. The van der Waals surface area contributed by atoms with E-state index >= 15 is 0 Å². The quantitative estimate of drug-likeness (QED) is 0.574. The zero-order valence-electron chi connectivity index (χ0n) is 14.2. The molecule has 0 saturated carbocycles. The van der Waals surface area contributed by atoms with Gasteiger partial charge < -0.3 is 15.1 Å². The van der Waals surface area contributed by atoms with Crippen LogP contribution in [-0.2, 0) is 4.79 Å². The fourth-order valence-electron chi connectivity index (χ4n) is 2.91. The molecule has 0 fully saturated rings. The fourth-order valence-corrected chi connectivity index (χ4v) is 2.91. The van der Waals surface area contributed by atoms with Crippen LogP contribution in [0.1, 0.15) is 10.4 Å². The van der Waals surface area contributed by atoms with Crippen LogP contribution in [0.25, 0.3) is 21.9 Å². The van der Waals surface area contributed by atoms with E-state index in [1.54, 1.807) is 18.2 Å². The van der Waals surface area contributed by atoms with Crippen LogP contribution >= 0.6 is 0 Å². The second-order valence-corrected chi connectivity index (χ2v) is 6.02. The Morgan fingerprint density at radius 1 is 0.889 bits per heavy atom. The summed E-state index contributed by atoms with van der Waals surface area (Å²) in [6, 6.07) is 18.6. The van der Waals surface area contributed by atoms with Gasteiger partial charge >= 0.3 is 0 Å². The molecule has 0 aliphatic carbocycles. The van der Waals surface area contributed by atoms with Crippen LogP contribution in [0.4, 0.5) is 10.1 Å². The van der Waals surface area contributed by atoms with Gasteiger partial charge in [0.05, 0.1) is 12.1 Å². The van der Waals surface area contributed by atoms with Gasteiger partial charge in [0, 0.05) is 22.5 Å². The molecule has 0 saturated heterocycles. The van der Waals surface area contributed by atoms with E-state index in [2.05, 4.69) is 10.6 Å². The Kier molecular flexibility index (Phi) is 4.30. The number of benzene rings is 3. The summed E-state index contributed by atoms with van der Waals surface area (Å²) in [5.74, 6) is -1.70. The third-order valence-corrected chi connectivity index (χ3v) is 4.19. The van der Waals surface area contributed by atoms with E-state index in [1.165, 1.54) is 18.2 Å². The molecule has 6 heteroatoms. The van der Waals surface area contributed by atoms with Gasteiger partial charge in [0.25, 0.3) is 5.91 Å². The number of furan rings is 1. The molecule has 0 atom stereocenters. The summed E-state index contributed by atoms with van der Waals surface area (Å²) in [6.45, 7) is -0.272. The van der Waals surface area contributed by atoms with E-state index < -0.39 is 17.6 Å². The summed E-state index contributed by atoms with van der Waals surface area (Å²) in [5.41, 5.74) is 1.87. The monoisotopic (exact) mass is 362 g/mol. The Balaban J connectivity index is 1.44. The van der Waals surface area contributed by atoms with Crippen molar-refractivity contribution in [3.8, 4) is 0 Å². The number of fused-ring (bicyclic) bond motifs is 3. The standard InChI is InChI=1S/C21H15FN2O3/c22-17-7-3-1-6-16(17)21(26)23-12-20(25)24-13-9-10-15-14-5-2-4-8-18(14)27-19(15)11-13/h1-11H,12H2,(H,23,26)(H,24,25). The molecule has 0 radical (unpaired) electrons. The van der Waals surface area contributed by atoms with Crippen molar-refractivity contribution in [2.75, 3.05) is 11.9 Å². The Labute approximate surface area is 153 Å². The molecule has 4 aromatic rings. The molecule has 0 aliphatic heterocycles. The zero-order chi connectivity index (χ0) is 18.8. The molecule has 4 rings (SSSR count). The van der Waals surface area contributed by atoms with Crippen LogP contribution < -0.4 is 10.6 Å². The van der Waals surface area contributed by atoms with Crippen molar-refractivity contribution in [3.63, 3.8) is 0 Å². The average Bonchev–Trinajstić information content (AvgIpc) is 3.04. The van der Waals surface area contributed by atoms with Gasteiger partial charge in [0.2, 0.25) is 5.91 Å². The van der Waals surface area contributed by atoms with Crippen LogP contribution in [0.5, 0.6) is 0 Å². The van der Waals surface area contributed by atoms with Crippen molar-refractivity contribution in [1.82, 2.24) is 5.32 Å². The molecule has 5 nitrogen and oxygen atoms in total. The summed E-state index contributed by atoms with van der Waals surface area (Å²) < 4.78 is 19.4. The SMILES string of the molecule is O=C(CNC(=O)c1ccccc1F)Nc1ccc2c(c1)oc1ccccc12. The summed E-state index contributed by atoms with van der Waals surface area (Å²) >= 11 is 0. The second kappa shape index (κ2) is 6.92. The average molecular weight is 362 g/mol. The highest BCUT2D eigenvalue weighted by atomic mass is 19.1. The molecule has 2 amide bonds. The first-order chi connectivity index (χ1) is 13.1. The number of halogens is 1. The van der Waals surface area contributed by atoms with E-state index in [0.29, 0.717) is 11.3 Å². The first-order valence-corrected chi connectivity index (χ1v) is 8.36. The molecule has 3 aromatic carbocycles. The molecule has 1 aromatic heterocycles. The van der Waals surface area contributed by atoms with Gasteiger partial charge in [-0.1, -0.05) is 30.3 Å². The van der Waals surface area contributed by atoms with Gasteiger partial charge in [-0.05, 0) is 30.3 Å². The van der Waals surface area contributed by atoms with Crippen molar-refractivity contribution in [2.45, 2.75) is 0 Å². The van der Waals surface area contributed by atoms with Crippen LogP contribution in [0.2, 0.25) is 0 Å². The maximum Gasteiger partial charge on any atom is 0.254 e. The van der Waals surface area contributed by atoms with Crippen molar-refractivity contribution >= 4 is 39.4 Å². The van der Waals surface area contributed by atoms with E-state index in [-0.39, 0.29) is 12.1 Å². The minimum atomic E-state index is -0.643. The number of rotatable bonds is 4. The summed E-state index contributed by atoms with van der Waals surface area (Å²) in [6.07, 6.45) is 0. The normalized spacial score (nSPS) is 10.9. The lowest BCUT2D eigenvalue weighted by Crippen LogP contribution is -2.33. The Hall–Kier alpha value is -3.67. The third-order valence-electron chi connectivity index (χ3n) is 4.19. The molecular formula is C21H15FN2O3. The zero-order valence-corrected chi connectivity index (χ0v) is 14.2. The van der Waals surface area contributed by atoms with E-state index in [0.717, 1.165) is 16.4 Å². The van der Waals surface area contributed by atoms with E-state index in [1.807, 2.05) is 30.3 Å². The number of amides is 2. The second-order valence-electron chi connectivity index (χ2n) is 6.02. The number of anilines is 1. The molecule has 27 heavy (non-hydrogen) atoms. The van der Waals surface area contributed by atoms with E-state index in [9.17, 15) is 14.0 Å². The third kappa shape index (κ3) is 3.37. The summed E-state index contributed by atoms with van der Waals surface area (Å²) in [5, 5.41) is 7.05. The molecule has 0 spiro atoms. The number of nitrogens with one attached hydrogen (secondary N) is 2. The lowest BCUT2D eigenvalue weighted by atomic mass is 10.1. The number of carbonyl (C=O) groups is 2. The molecule has 0 unspecified atom stereocenters. The van der Waals surface area contributed by atoms with Crippen LogP contribution in [0.15, 0.2) is 71.1 Å². The largest absolute Gasteiger partial charge is 0.456 e. The first-order valence-electron chi connectivity index (χ1n) is 8.36. The Bertz CT molecular complexity index is 1170. The Morgan fingerprint density at radius 3 is 2.48 bits per heavy atom. The maximum absolute atomic E-state index is 13.6. The van der Waals surface area contributed by atoms with Crippen LogP contribution in [0, 0.1) is 5.82 Å². The summed E-state index contributed by atoms with van der Waals surface area (Å²) in [7, 11) is 0. The number of para-hydroxylation sites is 1. The number of carbonyl (C=O) groups excluding carboxylic acids is 2. The van der Waals surface area contributed by atoms with E-state index in [4.69, 9.17) is 4.42 Å². The first kappa shape index (κ1) is 16.8. The summed E-state index contributed by atoms with van der Waals surface area (Å²) in [4.78, 5) is 24.0. The number of hydrogen-bond donors (Lipinski definition) is 2. The Morgan fingerprint density at radius 2 is 1.63 bits per heavy atom. The number of hydrogen-bond acceptors (Lipinski definition) is 3. The topological polar surface area (TPSA) is 71.3 Å². The van der Waals surface area contributed by atoms with Crippen molar-refractivity contribution in [3.05, 3.63) is 78.1 Å². The fraction of sp³-hybridized carbons (Fsp3) is 0.0476. The van der Waals surface area contributed by atoms with Gasteiger partial charge in [0.15, 0.2) is 0 Å². The highest BCUT2D eigenvalue weighted by Gasteiger charge is 2.13. The molecule has 0 bridgehead atoms. The van der Waals surface area contributed by atoms with Crippen LogP contribution in [-0.4, -0.2) is 18.4 Å². The maximum atomic E-state index is 13.6. The van der Waals surface area contributed by atoms with Gasteiger partial charge in [-0.25, -0.2) is 4.39 Å². The lowest BCUT2D eigenvalue weighted by Gasteiger charge is -2.07. The molecule has 1 heterocycles. The van der Waals surface area contributed by atoms with Crippen molar-refractivity contribution in [2.24, 2.45) is 0 Å². The predicted octanol–water partition coefficient (Wildman–Crippen LogP) is 4.09. The smallest absolute Gasteiger partial charge is 0.254 e. The molecule has 0 aliphatic rings. The molecule has 134 valence electrons. The van der Waals surface area contributed by atoms with Crippen molar-refractivity contribution < 1.29 is 18.4 Å². The minimum Gasteiger partial charge on any atom is -0.456 e. The van der Waals surface area contributed by atoms with Gasteiger partial charge in [-0.3, -0.25) is 9.59 Å².